The Morgan fingerprint density at radius 1 is 1.42 bits per heavy atom. The van der Waals surface area contributed by atoms with Crippen molar-refractivity contribution >= 4 is 11.8 Å². The summed E-state index contributed by atoms with van der Waals surface area (Å²) < 4.78 is 0. The molecule has 0 fully saturated rings. The lowest BCUT2D eigenvalue weighted by Crippen LogP contribution is -2.25. The fourth-order valence-electron chi connectivity index (χ4n) is 0.356. The molecule has 1 aliphatic heterocycles. The molecule has 0 radical (unpaired) electrons. The van der Waals surface area contributed by atoms with Crippen LogP contribution >= 0.6 is 0 Å². The van der Waals surface area contributed by atoms with Crippen molar-refractivity contribution in [2.75, 3.05) is 6.54 Å². The van der Waals surface area contributed by atoms with Crippen LogP contribution in [0.4, 0.5) is 0 Å². The topological polar surface area (TPSA) is 98.2 Å². The van der Waals surface area contributed by atoms with E-state index in [1.54, 1.807) is 0 Å². The molecular weight excluding hydrogens is 158 g/mol. The molecule has 0 aromatic rings. The highest BCUT2D eigenvalue weighted by atomic mass is 16.2. The summed E-state index contributed by atoms with van der Waals surface area (Å²) in [6.07, 6.45) is 2.39. The number of carbonyl (C=O) groups excluding carboxylic acids is 2. The minimum absolute atomic E-state index is 0.162. The number of hydrogen-bond acceptors (Lipinski definition) is 4. The zero-order valence-corrected chi connectivity index (χ0v) is 6.91. The van der Waals surface area contributed by atoms with E-state index in [2.05, 4.69) is 0 Å². The Kier molecular flexibility index (Phi) is 4.91. The van der Waals surface area contributed by atoms with Gasteiger partial charge in [0.05, 0.1) is 0 Å². The second-order valence-corrected chi connectivity index (χ2v) is 2.40. The number of nitrogens with two attached hydrogens (primary N) is 2. The van der Waals surface area contributed by atoms with Gasteiger partial charge in [-0.1, -0.05) is 0 Å². The third kappa shape index (κ3) is 5.57. The SMILES string of the molecule is CC(N)CN.O=C1C=CC(=O)N1. The van der Waals surface area contributed by atoms with Crippen LogP contribution in [0.2, 0.25) is 0 Å². The molecule has 68 valence electrons. The quantitative estimate of drug-likeness (QED) is 0.418. The minimum atomic E-state index is -0.329. The van der Waals surface area contributed by atoms with E-state index in [0.717, 1.165) is 0 Å². The van der Waals surface area contributed by atoms with Crippen LogP contribution in [0.1, 0.15) is 6.92 Å². The van der Waals surface area contributed by atoms with Gasteiger partial charge in [-0.15, -0.1) is 0 Å². The molecule has 5 heteroatoms. The van der Waals surface area contributed by atoms with Crippen molar-refractivity contribution in [1.82, 2.24) is 5.32 Å². The van der Waals surface area contributed by atoms with E-state index in [1.807, 2.05) is 12.2 Å². The maximum atomic E-state index is 10.0. The first-order chi connectivity index (χ1) is 5.56. The molecule has 0 spiro atoms. The molecule has 1 rings (SSSR count). The van der Waals surface area contributed by atoms with Gasteiger partial charge in [-0.05, 0) is 6.92 Å². The standard InChI is InChI=1S/C4H3NO2.C3H10N2/c6-3-1-2-4(7)5-3;1-3(5)2-4/h1-2H,(H,5,6,7);3H,2,4-5H2,1H3. The van der Waals surface area contributed by atoms with Crippen LogP contribution < -0.4 is 16.8 Å². The summed E-state index contributed by atoms with van der Waals surface area (Å²) in [5.41, 5.74) is 10.2. The molecule has 1 atom stereocenters. The number of imide groups is 1. The highest BCUT2D eigenvalue weighted by Crippen LogP contribution is 1.82. The lowest BCUT2D eigenvalue weighted by molar-refractivity contribution is -0.123. The Morgan fingerprint density at radius 3 is 1.83 bits per heavy atom. The number of nitrogens with one attached hydrogen (secondary N) is 1. The smallest absolute Gasteiger partial charge is 0.250 e. The second-order valence-electron chi connectivity index (χ2n) is 2.40. The predicted molar refractivity (Wildman–Crippen MR) is 45.0 cm³/mol. The van der Waals surface area contributed by atoms with Crippen molar-refractivity contribution in [2.45, 2.75) is 13.0 Å². The maximum Gasteiger partial charge on any atom is 0.250 e. The van der Waals surface area contributed by atoms with E-state index < -0.39 is 0 Å². The summed E-state index contributed by atoms with van der Waals surface area (Å²) in [5.74, 6) is -0.657. The summed E-state index contributed by atoms with van der Waals surface area (Å²) in [4.78, 5) is 20.1. The van der Waals surface area contributed by atoms with Gasteiger partial charge in [0.1, 0.15) is 0 Å². The van der Waals surface area contributed by atoms with E-state index in [4.69, 9.17) is 11.5 Å². The Balaban J connectivity index is 0.000000217. The minimum Gasteiger partial charge on any atom is -0.329 e. The molecule has 0 saturated heterocycles. The van der Waals surface area contributed by atoms with E-state index in [-0.39, 0.29) is 17.9 Å². The van der Waals surface area contributed by atoms with Crippen molar-refractivity contribution in [1.29, 1.82) is 0 Å². The summed E-state index contributed by atoms with van der Waals surface area (Å²) in [6, 6.07) is 0.162. The first-order valence-corrected chi connectivity index (χ1v) is 3.55. The summed E-state index contributed by atoms with van der Waals surface area (Å²) >= 11 is 0. The molecule has 0 aromatic heterocycles. The van der Waals surface area contributed by atoms with E-state index >= 15 is 0 Å². The van der Waals surface area contributed by atoms with E-state index in [9.17, 15) is 9.59 Å². The van der Waals surface area contributed by atoms with Crippen molar-refractivity contribution in [3.8, 4) is 0 Å². The third-order valence-electron chi connectivity index (χ3n) is 1.00. The Morgan fingerprint density at radius 2 is 1.75 bits per heavy atom. The molecule has 2 amide bonds. The average molecular weight is 171 g/mol. The fraction of sp³-hybridized carbons (Fsp3) is 0.429. The summed E-state index contributed by atoms with van der Waals surface area (Å²) in [5, 5.41) is 2.03. The molecule has 0 aliphatic carbocycles. The van der Waals surface area contributed by atoms with Crippen molar-refractivity contribution in [3.05, 3.63) is 12.2 Å². The molecule has 1 heterocycles. The highest BCUT2D eigenvalue weighted by molar-refractivity contribution is 6.12. The first kappa shape index (κ1) is 10.8. The van der Waals surface area contributed by atoms with Crippen LogP contribution in [0.15, 0.2) is 12.2 Å². The zero-order valence-electron chi connectivity index (χ0n) is 6.91. The van der Waals surface area contributed by atoms with Crippen LogP contribution in [0.5, 0.6) is 0 Å². The van der Waals surface area contributed by atoms with Crippen LogP contribution in [0.25, 0.3) is 0 Å². The first-order valence-electron chi connectivity index (χ1n) is 3.55. The van der Waals surface area contributed by atoms with Crippen LogP contribution in [-0.2, 0) is 9.59 Å². The van der Waals surface area contributed by atoms with Gasteiger partial charge < -0.3 is 11.5 Å². The molecule has 0 bridgehead atoms. The largest absolute Gasteiger partial charge is 0.329 e. The molecular formula is C7H13N3O2. The lowest BCUT2D eigenvalue weighted by atomic mass is 10.4. The van der Waals surface area contributed by atoms with E-state index in [1.165, 1.54) is 12.2 Å². The third-order valence-corrected chi connectivity index (χ3v) is 1.00. The van der Waals surface area contributed by atoms with E-state index in [0.29, 0.717) is 6.54 Å². The number of amides is 2. The van der Waals surface area contributed by atoms with Crippen LogP contribution in [0, 0.1) is 0 Å². The van der Waals surface area contributed by atoms with Gasteiger partial charge in [-0.3, -0.25) is 14.9 Å². The molecule has 1 aliphatic rings. The predicted octanol–water partition coefficient (Wildman–Crippen LogP) is -1.51. The molecule has 0 aromatic carbocycles. The van der Waals surface area contributed by atoms with Crippen molar-refractivity contribution < 1.29 is 9.59 Å². The van der Waals surface area contributed by atoms with Gasteiger partial charge in [0.25, 0.3) is 11.8 Å². The number of rotatable bonds is 1. The molecule has 5 nitrogen and oxygen atoms in total. The molecule has 1 unspecified atom stereocenters. The highest BCUT2D eigenvalue weighted by Gasteiger charge is 2.06. The normalized spacial score (nSPS) is 16.6. The fourth-order valence-corrected chi connectivity index (χ4v) is 0.356. The van der Waals surface area contributed by atoms with Gasteiger partial charge in [-0.2, -0.15) is 0 Å². The van der Waals surface area contributed by atoms with Crippen molar-refractivity contribution in [2.24, 2.45) is 11.5 Å². The number of carbonyl (C=O) groups is 2. The molecule has 12 heavy (non-hydrogen) atoms. The van der Waals surface area contributed by atoms with Gasteiger partial charge in [0.15, 0.2) is 0 Å². The Labute approximate surface area is 70.8 Å². The molecule has 0 saturated carbocycles. The van der Waals surface area contributed by atoms with Gasteiger partial charge in [0, 0.05) is 24.7 Å². The number of hydrogen-bond donors (Lipinski definition) is 3. The maximum absolute atomic E-state index is 10.0. The Bertz CT molecular complexity index is 183. The monoisotopic (exact) mass is 171 g/mol. The van der Waals surface area contributed by atoms with Crippen LogP contribution in [0.3, 0.4) is 0 Å². The van der Waals surface area contributed by atoms with Crippen molar-refractivity contribution in [3.63, 3.8) is 0 Å². The summed E-state index contributed by atoms with van der Waals surface area (Å²) in [7, 11) is 0. The van der Waals surface area contributed by atoms with Crippen LogP contribution in [-0.4, -0.2) is 24.4 Å². The zero-order chi connectivity index (χ0) is 9.56. The lowest BCUT2D eigenvalue weighted by Gasteiger charge is -1.92. The summed E-state index contributed by atoms with van der Waals surface area (Å²) in [6.45, 7) is 2.46. The second kappa shape index (κ2) is 5.45. The van der Waals surface area contributed by atoms with Gasteiger partial charge in [0.2, 0.25) is 0 Å². The van der Waals surface area contributed by atoms with Gasteiger partial charge in [-0.25, -0.2) is 0 Å². The average Bonchev–Trinajstić information content (AvgIpc) is 2.36. The molecule has 5 N–H and O–H groups in total. The van der Waals surface area contributed by atoms with Gasteiger partial charge >= 0.3 is 0 Å². The Hall–Kier alpha value is -1.20.